The summed E-state index contributed by atoms with van der Waals surface area (Å²) in [6.07, 6.45) is 0. The van der Waals surface area contributed by atoms with E-state index in [-0.39, 0.29) is 0 Å². The number of benzene rings is 2. The number of hydrogen-bond donors (Lipinski definition) is 2. The molecule has 0 atom stereocenters. The summed E-state index contributed by atoms with van der Waals surface area (Å²) in [5, 5.41) is 2.25. The van der Waals surface area contributed by atoms with Gasteiger partial charge in [0.1, 0.15) is 11.6 Å². The molecule has 0 radical (unpaired) electrons. The number of hydrogen-bond acceptors (Lipinski definition) is 3. The van der Waals surface area contributed by atoms with Gasteiger partial charge in [-0.3, -0.25) is 0 Å². The predicted octanol–water partition coefficient (Wildman–Crippen LogP) is 3.97. The number of ether oxygens (including phenoxy) is 1. The third-order valence-corrected chi connectivity index (χ3v) is 3.88. The number of aromatic nitrogens is 2. The first-order chi connectivity index (χ1) is 10.8. The number of pyridine rings is 1. The summed E-state index contributed by atoms with van der Waals surface area (Å²) in [5.74, 6) is 1.34. The molecule has 4 heteroatoms. The van der Waals surface area contributed by atoms with Crippen molar-refractivity contribution in [2.24, 2.45) is 0 Å². The standard InChI is InChI=1S/C18H15N3O/c1-22-12-8-6-11(7-9-12)17-18-14(10-16(19)21-17)13-4-2-3-5-15(13)20-18/h2-10,20H,1H3,(H2,19,21). The third-order valence-electron chi connectivity index (χ3n) is 3.88. The smallest absolute Gasteiger partial charge is 0.124 e. The number of nitrogens with zero attached hydrogens (tertiary/aromatic N) is 1. The SMILES string of the molecule is COc1ccc(-c2nc(N)cc3c2[nH]c2ccccc23)cc1. The van der Waals surface area contributed by atoms with Gasteiger partial charge in [0.25, 0.3) is 0 Å². The highest BCUT2D eigenvalue weighted by Crippen LogP contribution is 2.33. The molecule has 4 aromatic rings. The Kier molecular flexibility index (Phi) is 2.76. The highest BCUT2D eigenvalue weighted by Gasteiger charge is 2.12. The minimum absolute atomic E-state index is 0.517. The molecule has 108 valence electrons. The van der Waals surface area contributed by atoms with E-state index in [1.54, 1.807) is 7.11 Å². The molecule has 22 heavy (non-hydrogen) atoms. The first-order valence-electron chi connectivity index (χ1n) is 7.07. The van der Waals surface area contributed by atoms with Crippen molar-refractivity contribution >= 4 is 27.6 Å². The molecule has 2 heterocycles. The van der Waals surface area contributed by atoms with Crippen LogP contribution in [0.2, 0.25) is 0 Å². The summed E-state index contributed by atoms with van der Waals surface area (Å²) in [6, 6.07) is 17.9. The van der Waals surface area contributed by atoms with Crippen LogP contribution in [0.3, 0.4) is 0 Å². The number of H-pyrrole nitrogens is 1. The van der Waals surface area contributed by atoms with Crippen LogP contribution in [-0.2, 0) is 0 Å². The molecular formula is C18H15N3O. The Morgan fingerprint density at radius 3 is 2.55 bits per heavy atom. The molecule has 0 aliphatic carbocycles. The van der Waals surface area contributed by atoms with Crippen LogP contribution in [0.15, 0.2) is 54.6 Å². The van der Waals surface area contributed by atoms with Gasteiger partial charge in [0.15, 0.2) is 0 Å². The molecule has 0 aliphatic heterocycles. The van der Waals surface area contributed by atoms with E-state index in [0.29, 0.717) is 5.82 Å². The van der Waals surface area contributed by atoms with E-state index in [9.17, 15) is 0 Å². The molecular weight excluding hydrogens is 274 g/mol. The van der Waals surface area contributed by atoms with Crippen molar-refractivity contribution in [3.05, 3.63) is 54.6 Å². The van der Waals surface area contributed by atoms with Gasteiger partial charge in [-0.15, -0.1) is 0 Å². The van der Waals surface area contributed by atoms with Gasteiger partial charge < -0.3 is 15.5 Å². The lowest BCUT2D eigenvalue weighted by molar-refractivity contribution is 0.415. The molecule has 0 unspecified atom stereocenters. The minimum atomic E-state index is 0.517. The van der Waals surface area contributed by atoms with E-state index in [0.717, 1.165) is 38.8 Å². The zero-order valence-corrected chi connectivity index (χ0v) is 12.1. The Hall–Kier alpha value is -3.01. The highest BCUT2D eigenvalue weighted by molar-refractivity contribution is 6.11. The van der Waals surface area contributed by atoms with Gasteiger partial charge in [-0.2, -0.15) is 0 Å². The molecule has 0 saturated carbocycles. The Morgan fingerprint density at radius 1 is 1.00 bits per heavy atom. The molecule has 0 fully saturated rings. The normalized spacial score (nSPS) is 11.1. The number of nitrogen functional groups attached to an aromatic ring is 1. The number of nitrogens with two attached hydrogens (primary N) is 1. The Morgan fingerprint density at radius 2 is 1.77 bits per heavy atom. The molecule has 0 aliphatic rings. The largest absolute Gasteiger partial charge is 0.497 e. The second-order valence-electron chi connectivity index (χ2n) is 5.22. The van der Waals surface area contributed by atoms with Crippen molar-refractivity contribution < 1.29 is 4.74 Å². The van der Waals surface area contributed by atoms with Gasteiger partial charge in [-0.1, -0.05) is 18.2 Å². The maximum atomic E-state index is 6.02. The lowest BCUT2D eigenvalue weighted by Crippen LogP contribution is -1.93. The molecule has 0 spiro atoms. The number of methoxy groups -OCH3 is 1. The number of anilines is 1. The van der Waals surface area contributed by atoms with Gasteiger partial charge in [0, 0.05) is 21.9 Å². The summed E-state index contributed by atoms with van der Waals surface area (Å²) in [6.45, 7) is 0. The average Bonchev–Trinajstić information content (AvgIpc) is 2.93. The van der Waals surface area contributed by atoms with Crippen LogP contribution in [0, 0.1) is 0 Å². The Balaban J connectivity index is 2.03. The van der Waals surface area contributed by atoms with Crippen LogP contribution in [0.5, 0.6) is 5.75 Å². The third kappa shape index (κ3) is 1.89. The number of nitrogens with one attached hydrogen (secondary N) is 1. The van der Waals surface area contributed by atoms with E-state index in [2.05, 4.69) is 22.1 Å². The van der Waals surface area contributed by atoms with Crippen molar-refractivity contribution in [2.45, 2.75) is 0 Å². The minimum Gasteiger partial charge on any atom is -0.497 e. The number of fused-ring (bicyclic) bond motifs is 3. The fourth-order valence-corrected chi connectivity index (χ4v) is 2.82. The van der Waals surface area contributed by atoms with Gasteiger partial charge >= 0.3 is 0 Å². The highest BCUT2D eigenvalue weighted by atomic mass is 16.5. The van der Waals surface area contributed by atoms with E-state index >= 15 is 0 Å². The van der Waals surface area contributed by atoms with Crippen molar-refractivity contribution in [1.29, 1.82) is 0 Å². The second kappa shape index (κ2) is 4.77. The first kappa shape index (κ1) is 12.7. The first-order valence-corrected chi connectivity index (χ1v) is 7.07. The summed E-state index contributed by atoms with van der Waals surface area (Å²) < 4.78 is 5.21. The van der Waals surface area contributed by atoms with Gasteiger partial charge in [-0.05, 0) is 36.4 Å². The molecule has 3 N–H and O–H groups in total. The van der Waals surface area contributed by atoms with E-state index in [4.69, 9.17) is 10.5 Å². The zero-order valence-electron chi connectivity index (χ0n) is 12.1. The maximum Gasteiger partial charge on any atom is 0.124 e. The summed E-state index contributed by atoms with van der Waals surface area (Å²) in [4.78, 5) is 7.98. The molecule has 2 aromatic heterocycles. The van der Waals surface area contributed by atoms with Crippen molar-refractivity contribution in [3.63, 3.8) is 0 Å². The van der Waals surface area contributed by atoms with E-state index in [1.165, 1.54) is 0 Å². The van der Waals surface area contributed by atoms with E-state index < -0.39 is 0 Å². The van der Waals surface area contributed by atoms with Crippen LogP contribution in [0.25, 0.3) is 33.1 Å². The zero-order chi connectivity index (χ0) is 15.1. The van der Waals surface area contributed by atoms with Crippen molar-refractivity contribution in [3.8, 4) is 17.0 Å². The van der Waals surface area contributed by atoms with Crippen LogP contribution < -0.4 is 10.5 Å². The van der Waals surface area contributed by atoms with Crippen LogP contribution in [-0.4, -0.2) is 17.1 Å². The molecule has 0 amide bonds. The predicted molar refractivity (Wildman–Crippen MR) is 90.0 cm³/mol. The number of aromatic amines is 1. The van der Waals surface area contributed by atoms with Crippen molar-refractivity contribution in [2.75, 3.05) is 12.8 Å². The topological polar surface area (TPSA) is 63.9 Å². The van der Waals surface area contributed by atoms with Gasteiger partial charge in [0.05, 0.1) is 18.3 Å². The summed E-state index contributed by atoms with van der Waals surface area (Å²) in [5.41, 5.74) is 9.96. The molecule has 2 aromatic carbocycles. The fourth-order valence-electron chi connectivity index (χ4n) is 2.82. The quantitative estimate of drug-likeness (QED) is 0.587. The maximum absolute atomic E-state index is 6.02. The van der Waals surface area contributed by atoms with Crippen LogP contribution >= 0.6 is 0 Å². The van der Waals surface area contributed by atoms with Crippen LogP contribution in [0.4, 0.5) is 5.82 Å². The Bertz CT molecular complexity index is 971. The fraction of sp³-hybridized carbons (Fsp3) is 0.0556. The lowest BCUT2D eigenvalue weighted by atomic mass is 10.1. The second-order valence-corrected chi connectivity index (χ2v) is 5.22. The summed E-state index contributed by atoms with van der Waals surface area (Å²) in [7, 11) is 1.66. The number of rotatable bonds is 2. The molecule has 0 bridgehead atoms. The monoisotopic (exact) mass is 289 g/mol. The summed E-state index contributed by atoms with van der Waals surface area (Å²) >= 11 is 0. The van der Waals surface area contributed by atoms with Crippen molar-refractivity contribution in [1.82, 2.24) is 9.97 Å². The van der Waals surface area contributed by atoms with Gasteiger partial charge in [-0.25, -0.2) is 4.98 Å². The van der Waals surface area contributed by atoms with E-state index in [1.807, 2.05) is 42.5 Å². The molecule has 0 saturated heterocycles. The Labute approximate surface area is 127 Å². The molecule has 4 rings (SSSR count). The molecule has 4 nitrogen and oxygen atoms in total. The van der Waals surface area contributed by atoms with Crippen LogP contribution in [0.1, 0.15) is 0 Å². The van der Waals surface area contributed by atoms with Gasteiger partial charge in [0.2, 0.25) is 0 Å². The average molecular weight is 289 g/mol. The number of para-hydroxylation sites is 1. The lowest BCUT2D eigenvalue weighted by Gasteiger charge is -2.06.